The van der Waals surface area contributed by atoms with Crippen LogP contribution in [0.25, 0.3) is 22.4 Å². The Morgan fingerprint density at radius 3 is 2.50 bits per heavy atom. The number of benzene rings is 2. The number of nitrogens with zero attached hydrogens (tertiary/aromatic N) is 3. The average Bonchev–Trinajstić information content (AvgIpc) is 3.22. The Hall–Kier alpha value is -3.06. The van der Waals surface area contributed by atoms with E-state index < -0.39 is 0 Å². The highest BCUT2D eigenvalue weighted by molar-refractivity contribution is 7.15. The van der Waals surface area contributed by atoms with Crippen LogP contribution in [0.5, 0.6) is 5.75 Å². The van der Waals surface area contributed by atoms with Crippen LogP contribution in [0.4, 0.5) is 4.39 Å². The predicted molar refractivity (Wildman–Crippen MR) is 108 cm³/mol. The maximum atomic E-state index is 13.0. The molecule has 0 amide bonds. The zero-order chi connectivity index (χ0) is 19.7. The molecule has 0 aliphatic heterocycles. The Balaban J connectivity index is 1.62. The molecule has 0 bridgehead atoms. The van der Waals surface area contributed by atoms with E-state index in [1.807, 2.05) is 24.3 Å². The molecule has 0 N–H and O–H groups in total. The van der Waals surface area contributed by atoms with Crippen LogP contribution >= 0.6 is 11.3 Å². The van der Waals surface area contributed by atoms with Crippen molar-refractivity contribution in [2.24, 2.45) is 5.92 Å². The topological polar surface area (TPSA) is 56.5 Å². The number of halogens is 1. The molecular weight excluding hydrogens is 377 g/mol. The highest BCUT2D eigenvalue weighted by Gasteiger charge is 2.12. The van der Waals surface area contributed by atoms with Gasteiger partial charge in [0.1, 0.15) is 11.6 Å². The van der Waals surface area contributed by atoms with Gasteiger partial charge in [-0.3, -0.25) is 4.79 Å². The van der Waals surface area contributed by atoms with Crippen LogP contribution < -0.4 is 14.8 Å². The molecule has 0 unspecified atom stereocenters. The lowest BCUT2D eigenvalue weighted by molar-refractivity contribution is 0.271. The largest absolute Gasteiger partial charge is 0.493 e. The fraction of sp³-hybridized carbons (Fsp3) is 0.190. The molecular formula is C21H18FN3O2S. The number of hydrogen-bond acceptors (Lipinski definition) is 5. The summed E-state index contributed by atoms with van der Waals surface area (Å²) in [5, 5.41) is 4.35. The van der Waals surface area contributed by atoms with Crippen molar-refractivity contribution in [3.63, 3.8) is 0 Å². The van der Waals surface area contributed by atoms with Gasteiger partial charge < -0.3 is 4.74 Å². The van der Waals surface area contributed by atoms with Crippen molar-refractivity contribution in [2.45, 2.75) is 13.8 Å². The fourth-order valence-corrected chi connectivity index (χ4v) is 3.54. The summed E-state index contributed by atoms with van der Waals surface area (Å²) >= 11 is 1.26. The van der Waals surface area contributed by atoms with E-state index >= 15 is 0 Å². The van der Waals surface area contributed by atoms with Crippen LogP contribution in [-0.2, 0) is 0 Å². The molecule has 0 aliphatic carbocycles. The molecule has 7 heteroatoms. The number of ether oxygens (including phenoxy) is 1. The molecule has 2 aromatic heterocycles. The number of aromatic nitrogens is 3. The van der Waals surface area contributed by atoms with E-state index in [-0.39, 0.29) is 11.4 Å². The average molecular weight is 395 g/mol. The molecule has 0 saturated carbocycles. The Kier molecular flexibility index (Phi) is 4.92. The molecule has 4 rings (SSSR count). The van der Waals surface area contributed by atoms with E-state index in [4.69, 9.17) is 4.74 Å². The molecule has 2 heterocycles. The molecule has 0 saturated heterocycles. The summed E-state index contributed by atoms with van der Waals surface area (Å²) in [7, 11) is 0. The Morgan fingerprint density at radius 1 is 1.14 bits per heavy atom. The van der Waals surface area contributed by atoms with Gasteiger partial charge in [-0.1, -0.05) is 37.3 Å². The van der Waals surface area contributed by atoms with Gasteiger partial charge in [-0.05, 0) is 54.0 Å². The van der Waals surface area contributed by atoms with E-state index in [1.54, 1.807) is 18.2 Å². The first kappa shape index (κ1) is 18.3. The lowest BCUT2D eigenvalue weighted by atomic mass is 10.2. The fourth-order valence-electron chi connectivity index (χ4n) is 2.63. The standard InChI is InChI=1S/C21H18FN3O2S/c1-13(2)12-27-17-9-5-15(6-10-17)19-23-21-25(24-19)20(26)18(28-21)11-14-3-7-16(22)8-4-14/h3-11,13H,12H2,1-2H3. The minimum absolute atomic E-state index is 0.236. The van der Waals surface area contributed by atoms with E-state index in [0.29, 0.717) is 27.8 Å². The smallest absolute Gasteiger partial charge is 0.291 e. The first-order valence-electron chi connectivity index (χ1n) is 8.90. The van der Waals surface area contributed by atoms with E-state index in [0.717, 1.165) is 16.9 Å². The van der Waals surface area contributed by atoms with Crippen LogP contribution in [0.1, 0.15) is 19.4 Å². The molecule has 4 aromatic rings. The van der Waals surface area contributed by atoms with Crippen LogP contribution in [0.3, 0.4) is 0 Å². The Labute approximate surface area is 164 Å². The summed E-state index contributed by atoms with van der Waals surface area (Å²) in [6, 6.07) is 13.5. The number of rotatable bonds is 5. The van der Waals surface area contributed by atoms with Gasteiger partial charge >= 0.3 is 0 Å². The van der Waals surface area contributed by atoms with Crippen LogP contribution in [0, 0.1) is 11.7 Å². The summed E-state index contributed by atoms with van der Waals surface area (Å²) in [6.45, 7) is 4.85. The van der Waals surface area contributed by atoms with Crippen LogP contribution in [-0.4, -0.2) is 21.2 Å². The van der Waals surface area contributed by atoms with Crippen molar-refractivity contribution in [1.82, 2.24) is 14.6 Å². The minimum atomic E-state index is -0.313. The summed E-state index contributed by atoms with van der Waals surface area (Å²) < 4.78 is 20.5. The molecule has 2 aromatic carbocycles. The normalized spacial score (nSPS) is 12.2. The molecule has 0 fully saturated rings. The summed E-state index contributed by atoms with van der Waals surface area (Å²) in [5.74, 6) is 1.43. The quantitative estimate of drug-likeness (QED) is 0.519. The first-order chi connectivity index (χ1) is 13.5. The van der Waals surface area contributed by atoms with Crippen molar-refractivity contribution in [3.8, 4) is 17.1 Å². The van der Waals surface area contributed by atoms with Gasteiger partial charge in [0, 0.05) is 5.56 Å². The van der Waals surface area contributed by atoms with Crippen molar-refractivity contribution in [1.29, 1.82) is 0 Å². The molecule has 0 atom stereocenters. The molecule has 0 aliphatic rings. The van der Waals surface area contributed by atoms with E-state index in [9.17, 15) is 9.18 Å². The van der Waals surface area contributed by atoms with Crippen molar-refractivity contribution in [2.75, 3.05) is 6.61 Å². The highest BCUT2D eigenvalue weighted by atomic mass is 32.1. The summed E-state index contributed by atoms with van der Waals surface area (Å²) in [4.78, 5) is 17.6. The Morgan fingerprint density at radius 2 is 1.86 bits per heavy atom. The number of fused-ring (bicyclic) bond motifs is 1. The van der Waals surface area contributed by atoms with Gasteiger partial charge in [0.15, 0.2) is 5.82 Å². The van der Waals surface area contributed by atoms with E-state index in [2.05, 4.69) is 23.9 Å². The zero-order valence-electron chi connectivity index (χ0n) is 15.4. The predicted octanol–water partition coefficient (Wildman–Crippen LogP) is 3.54. The van der Waals surface area contributed by atoms with Crippen LogP contribution in [0.2, 0.25) is 0 Å². The zero-order valence-corrected chi connectivity index (χ0v) is 16.2. The van der Waals surface area contributed by atoms with Gasteiger partial charge in [-0.25, -0.2) is 4.39 Å². The second-order valence-corrected chi connectivity index (χ2v) is 7.84. The lowest BCUT2D eigenvalue weighted by Gasteiger charge is -2.08. The third kappa shape index (κ3) is 3.80. The second kappa shape index (κ2) is 7.52. The maximum absolute atomic E-state index is 13.0. The second-order valence-electron chi connectivity index (χ2n) is 6.83. The SMILES string of the molecule is CC(C)COc1ccc(-c2nc3sc(=Cc4ccc(F)cc4)c(=O)n3n2)cc1. The van der Waals surface area contributed by atoms with Gasteiger partial charge in [0.25, 0.3) is 5.56 Å². The summed E-state index contributed by atoms with van der Waals surface area (Å²) in [6.07, 6.45) is 1.71. The molecule has 142 valence electrons. The van der Waals surface area contributed by atoms with Gasteiger partial charge in [-0.2, -0.15) is 9.50 Å². The lowest BCUT2D eigenvalue weighted by Crippen LogP contribution is -2.23. The number of thiazole rings is 1. The third-order valence-electron chi connectivity index (χ3n) is 4.05. The summed E-state index contributed by atoms with van der Waals surface area (Å²) in [5.41, 5.74) is 1.33. The highest BCUT2D eigenvalue weighted by Crippen LogP contribution is 2.20. The van der Waals surface area contributed by atoms with Gasteiger partial charge in [-0.15, -0.1) is 5.10 Å². The maximum Gasteiger partial charge on any atom is 0.291 e. The van der Waals surface area contributed by atoms with Crippen molar-refractivity contribution in [3.05, 3.63) is 74.8 Å². The van der Waals surface area contributed by atoms with Crippen molar-refractivity contribution >= 4 is 22.4 Å². The monoisotopic (exact) mass is 395 g/mol. The first-order valence-corrected chi connectivity index (χ1v) is 9.71. The van der Waals surface area contributed by atoms with Crippen molar-refractivity contribution < 1.29 is 9.13 Å². The molecule has 5 nitrogen and oxygen atoms in total. The molecule has 0 radical (unpaired) electrons. The van der Waals surface area contributed by atoms with Gasteiger partial charge in [0.05, 0.1) is 11.1 Å². The number of hydrogen-bond donors (Lipinski definition) is 0. The minimum Gasteiger partial charge on any atom is -0.493 e. The van der Waals surface area contributed by atoms with Crippen LogP contribution in [0.15, 0.2) is 53.3 Å². The third-order valence-corrected chi connectivity index (χ3v) is 5.00. The molecule has 28 heavy (non-hydrogen) atoms. The van der Waals surface area contributed by atoms with Gasteiger partial charge in [0.2, 0.25) is 4.96 Å². The Bertz CT molecular complexity index is 1210. The molecule has 0 spiro atoms. The van der Waals surface area contributed by atoms with E-state index in [1.165, 1.54) is 28.0 Å².